The second-order valence-electron chi connectivity index (χ2n) is 10.7. The fourth-order valence-electron chi connectivity index (χ4n) is 5.26. The molecule has 0 radical (unpaired) electrons. The topological polar surface area (TPSA) is 35.5 Å². The predicted octanol–water partition coefficient (Wildman–Crippen LogP) is 9.53. The van der Waals surface area contributed by atoms with Crippen LogP contribution < -0.4 is 4.74 Å². The van der Waals surface area contributed by atoms with Gasteiger partial charge in [0.25, 0.3) is 0 Å². The molecule has 0 aliphatic heterocycles. The Kier molecular flexibility index (Phi) is 15.1. The first kappa shape index (κ1) is 28.7. The van der Waals surface area contributed by atoms with E-state index in [2.05, 4.69) is 13.8 Å². The molecule has 1 aromatic carbocycles. The highest BCUT2D eigenvalue weighted by molar-refractivity contribution is 5.89. The van der Waals surface area contributed by atoms with Crippen LogP contribution in [0.15, 0.2) is 24.3 Å². The molecule has 1 aliphatic rings. The maximum absolute atomic E-state index is 12.4. The molecule has 1 aromatic rings. The third-order valence-electron chi connectivity index (χ3n) is 7.57. The molecule has 0 unspecified atom stereocenters. The number of hydrogen-bond donors (Lipinski definition) is 0. The summed E-state index contributed by atoms with van der Waals surface area (Å²) in [6.45, 7) is 7.25. The largest absolute Gasteiger partial charge is 0.494 e. The second-order valence-corrected chi connectivity index (χ2v) is 10.7. The van der Waals surface area contributed by atoms with Crippen LogP contribution in [0.3, 0.4) is 0 Å². The first-order valence-corrected chi connectivity index (χ1v) is 14.6. The Morgan fingerprint density at radius 1 is 0.794 bits per heavy atom. The van der Waals surface area contributed by atoms with E-state index in [4.69, 9.17) is 9.47 Å². The lowest BCUT2D eigenvalue weighted by Crippen LogP contribution is -2.15. The highest BCUT2D eigenvalue weighted by Crippen LogP contribution is 2.34. The molecule has 0 bridgehead atoms. The minimum absolute atomic E-state index is 0.0267. The monoisotopic (exact) mass is 472 g/mol. The van der Waals surface area contributed by atoms with Crippen molar-refractivity contribution in [3.63, 3.8) is 0 Å². The third kappa shape index (κ3) is 12.3. The summed E-state index contributed by atoms with van der Waals surface area (Å²) in [5, 5.41) is 0. The molecule has 0 heterocycles. The molecule has 1 fully saturated rings. The second kappa shape index (κ2) is 17.9. The van der Waals surface area contributed by atoms with Crippen molar-refractivity contribution >= 4 is 5.97 Å². The zero-order valence-electron chi connectivity index (χ0n) is 22.5. The van der Waals surface area contributed by atoms with E-state index < -0.39 is 0 Å². The van der Waals surface area contributed by atoms with Crippen LogP contribution in [-0.4, -0.2) is 18.7 Å². The van der Waals surface area contributed by atoms with E-state index in [0.717, 1.165) is 43.5 Å². The average Bonchev–Trinajstić information content (AvgIpc) is 2.85. The molecule has 0 aromatic heterocycles. The van der Waals surface area contributed by atoms with Crippen molar-refractivity contribution in [2.24, 2.45) is 11.8 Å². The standard InChI is InChI=1S/C31H52O3/c1-4-6-8-10-12-15-27-17-19-28(20-18-27)16-13-25-33-30-23-21-29(22-24-30)31(32)34-26(3)14-11-9-7-5-2/h21-24,26-28H,4-20,25H2,1-3H3/t26-,27?,28?/m0/s1. The summed E-state index contributed by atoms with van der Waals surface area (Å²) >= 11 is 0. The van der Waals surface area contributed by atoms with Crippen molar-refractivity contribution in [3.05, 3.63) is 29.8 Å². The zero-order chi connectivity index (χ0) is 24.4. The number of carbonyl (C=O) groups excluding carboxylic acids is 1. The Morgan fingerprint density at radius 2 is 1.35 bits per heavy atom. The molecular weight excluding hydrogens is 420 g/mol. The summed E-state index contributed by atoms with van der Waals surface area (Å²) in [4.78, 5) is 12.4. The maximum Gasteiger partial charge on any atom is 0.338 e. The molecular formula is C31H52O3. The summed E-state index contributed by atoms with van der Waals surface area (Å²) in [7, 11) is 0. The minimum atomic E-state index is -0.230. The SMILES string of the molecule is CCCCCCCC1CCC(CCCOc2ccc(C(=O)O[C@@H](C)CCCCCC)cc2)CC1. The van der Waals surface area contributed by atoms with E-state index in [1.807, 2.05) is 31.2 Å². The van der Waals surface area contributed by atoms with Crippen LogP contribution in [0.4, 0.5) is 0 Å². The summed E-state index contributed by atoms with van der Waals surface area (Å²) in [6, 6.07) is 7.44. The average molecular weight is 473 g/mol. The Balaban J connectivity index is 1.54. The van der Waals surface area contributed by atoms with E-state index in [9.17, 15) is 4.79 Å². The van der Waals surface area contributed by atoms with E-state index in [1.54, 1.807) is 0 Å². The molecule has 3 heteroatoms. The van der Waals surface area contributed by atoms with Crippen LogP contribution in [0.25, 0.3) is 0 Å². The molecule has 34 heavy (non-hydrogen) atoms. The number of ether oxygens (including phenoxy) is 2. The van der Waals surface area contributed by atoms with Gasteiger partial charge in [-0.05, 0) is 68.7 Å². The summed E-state index contributed by atoms with van der Waals surface area (Å²) in [5.41, 5.74) is 0.606. The van der Waals surface area contributed by atoms with E-state index in [0.29, 0.717) is 5.56 Å². The van der Waals surface area contributed by atoms with Crippen molar-refractivity contribution in [2.75, 3.05) is 6.61 Å². The van der Waals surface area contributed by atoms with Crippen molar-refractivity contribution in [3.8, 4) is 5.75 Å². The van der Waals surface area contributed by atoms with Gasteiger partial charge in [0.05, 0.1) is 18.3 Å². The Morgan fingerprint density at radius 3 is 1.97 bits per heavy atom. The van der Waals surface area contributed by atoms with Crippen molar-refractivity contribution < 1.29 is 14.3 Å². The lowest BCUT2D eigenvalue weighted by Gasteiger charge is -2.28. The fourth-order valence-corrected chi connectivity index (χ4v) is 5.26. The number of rotatable bonds is 18. The van der Waals surface area contributed by atoms with E-state index in [1.165, 1.54) is 89.9 Å². The minimum Gasteiger partial charge on any atom is -0.494 e. The van der Waals surface area contributed by atoms with Gasteiger partial charge in [0, 0.05) is 0 Å². The third-order valence-corrected chi connectivity index (χ3v) is 7.57. The van der Waals surface area contributed by atoms with Gasteiger partial charge in [-0.3, -0.25) is 0 Å². The Bertz CT molecular complexity index is 631. The molecule has 2 rings (SSSR count). The number of carbonyl (C=O) groups is 1. The van der Waals surface area contributed by atoms with Crippen molar-refractivity contribution in [1.29, 1.82) is 0 Å². The van der Waals surface area contributed by atoms with Gasteiger partial charge in [-0.25, -0.2) is 4.79 Å². The van der Waals surface area contributed by atoms with E-state index in [-0.39, 0.29) is 12.1 Å². The predicted molar refractivity (Wildman–Crippen MR) is 144 cm³/mol. The van der Waals surface area contributed by atoms with Gasteiger partial charge in [-0.2, -0.15) is 0 Å². The van der Waals surface area contributed by atoms with Gasteiger partial charge >= 0.3 is 5.97 Å². The summed E-state index contributed by atoms with van der Waals surface area (Å²) in [6.07, 6.45) is 22.3. The van der Waals surface area contributed by atoms with Crippen LogP contribution in [0.1, 0.15) is 140 Å². The Hall–Kier alpha value is -1.51. The highest BCUT2D eigenvalue weighted by atomic mass is 16.5. The molecule has 1 saturated carbocycles. The number of benzene rings is 1. The lowest BCUT2D eigenvalue weighted by molar-refractivity contribution is 0.0319. The highest BCUT2D eigenvalue weighted by Gasteiger charge is 2.20. The van der Waals surface area contributed by atoms with Crippen molar-refractivity contribution in [1.82, 2.24) is 0 Å². The Labute approximate surface area is 210 Å². The molecule has 1 aliphatic carbocycles. The van der Waals surface area contributed by atoms with E-state index >= 15 is 0 Å². The van der Waals surface area contributed by atoms with Gasteiger partial charge in [0.2, 0.25) is 0 Å². The smallest absolute Gasteiger partial charge is 0.338 e. The molecule has 0 N–H and O–H groups in total. The number of esters is 1. The van der Waals surface area contributed by atoms with Gasteiger partial charge in [0.1, 0.15) is 5.75 Å². The van der Waals surface area contributed by atoms with Crippen LogP contribution in [-0.2, 0) is 4.74 Å². The van der Waals surface area contributed by atoms with Gasteiger partial charge < -0.3 is 9.47 Å². The lowest BCUT2D eigenvalue weighted by atomic mass is 9.78. The molecule has 0 spiro atoms. The molecule has 3 nitrogen and oxygen atoms in total. The molecule has 1 atom stereocenters. The van der Waals surface area contributed by atoms with Crippen LogP contribution in [0.5, 0.6) is 5.75 Å². The molecule has 0 saturated heterocycles. The first-order valence-electron chi connectivity index (χ1n) is 14.6. The van der Waals surface area contributed by atoms with Crippen molar-refractivity contribution in [2.45, 2.75) is 136 Å². The maximum atomic E-state index is 12.4. The van der Waals surface area contributed by atoms with Crippen LogP contribution >= 0.6 is 0 Å². The normalized spacial score (nSPS) is 19.0. The van der Waals surface area contributed by atoms with Gasteiger partial charge in [-0.1, -0.05) is 97.3 Å². The fraction of sp³-hybridized carbons (Fsp3) is 0.774. The van der Waals surface area contributed by atoms with Gasteiger partial charge in [0.15, 0.2) is 0 Å². The summed E-state index contributed by atoms with van der Waals surface area (Å²) < 4.78 is 11.5. The first-order chi connectivity index (χ1) is 16.6. The number of hydrogen-bond acceptors (Lipinski definition) is 3. The van der Waals surface area contributed by atoms with Gasteiger partial charge in [-0.15, -0.1) is 0 Å². The van der Waals surface area contributed by atoms with Crippen LogP contribution in [0.2, 0.25) is 0 Å². The quantitative estimate of drug-likeness (QED) is 0.158. The molecule has 0 amide bonds. The summed E-state index contributed by atoms with van der Waals surface area (Å²) in [5.74, 6) is 2.49. The van der Waals surface area contributed by atoms with Crippen LogP contribution in [0, 0.1) is 11.8 Å². The zero-order valence-corrected chi connectivity index (χ0v) is 22.5. The molecule has 194 valence electrons. The number of unbranched alkanes of at least 4 members (excludes halogenated alkanes) is 7.